The van der Waals surface area contributed by atoms with E-state index in [1.807, 2.05) is 92.7 Å². The van der Waals surface area contributed by atoms with Gasteiger partial charge in [-0.3, -0.25) is 4.79 Å². The van der Waals surface area contributed by atoms with Crippen molar-refractivity contribution in [3.05, 3.63) is 123 Å². The van der Waals surface area contributed by atoms with Gasteiger partial charge in [0, 0.05) is 34.3 Å². The van der Waals surface area contributed by atoms with Gasteiger partial charge in [-0.25, -0.2) is 4.79 Å². The van der Waals surface area contributed by atoms with Crippen LogP contribution in [0.1, 0.15) is 55.2 Å². The van der Waals surface area contributed by atoms with Gasteiger partial charge < -0.3 is 14.8 Å². The molecule has 2 atom stereocenters. The summed E-state index contributed by atoms with van der Waals surface area (Å²) in [5.41, 5.74) is 5.48. The van der Waals surface area contributed by atoms with E-state index in [1.54, 1.807) is 0 Å². The zero-order chi connectivity index (χ0) is 26.6. The van der Waals surface area contributed by atoms with Crippen LogP contribution in [-0.4, -0.2) is 18.4 Å². The highest BCUT2D eigenvalue weighted by Gasteiger charge is 2.41. The topological polar surface area (TPSA) is 64.6 Å². The van der Waals surface area contributed by atoms with Crippen LogP contribution in [-0.2, 0) is 20.9 Å². The van der Waals surface area contributed by atoms with Crippen LogP contribution in [0.2, 0.25) is 5.02 Å². The van der Waals surface area contributed by atoms with E-state index in [-0.39, 0.29) is 18.3 Å². The number of nitrogens with one attached hydrogen (secondary N) is 1. The van der Waals surface area contributed by atoms with Gasteiger partial charge in [-0.15, -0.1) is 0 Å². The van der Waals surface area contributed by atoms with E-state index in [9.17, 15) is 9.59 Å². The highest BCUT2D eigenvalue weighted by molar-refractivity contribution is 6.30. The number of Topliss-reactive ketones (excluding diaryl/α,β-unsaturated/α-hetero) is 1. The number of carbonyl (C=O) groups is 2. The molecule has 38 heavy (non-hydrogen) atoms. The zero-order valence-corrected chi connectivity index (χ0v) is 22.3. The zero-order valence-electron chi connectivity index (χ0n) is 21.5. The van der Waals surface area contributed by atoms with Gasteiger partial charge in [0.25, 0.3) is 0 Å². The van der Waals surface area contributed by atoms with Crippen LogP contribution in [0.5, 0.6) is 5.75 Å². The molecule has 1 aliphatic heterocycles. The summed E-state index contributed by atoms with van der Waals surface area (Å²) in [4.78, 5) is 27.3. The van der Waals surface area contributed by atoms with Crippen molar-refractivity contribution in [2.45, 2.75) is 45.1 Å². The SMILES string of the molecule is CCOc1ccc([C@@H]2C(C(=O)OCc3ccccc3)=C(C)NC3=C2C(=O)C[C@H](c2ccc(Cl)cc2)C3)cc1. The van der Waals surface area contributed by atoms with Crippen molar-refractivity contribution in [3.8, 4) is 5.75 Å². The fourth-order valence-electron chi connectivity index (χ4n) is 5.34. The summed E-state index contributed by atoms with van der Waals surface area (Å²) in [7, 11) is 0. The predicted molar refractivity (Wildman–Crippen MR) is 148 cm³/mol. The van der Waals surface area contributed by atoms with E-state index in [0.717, 1.165) is 28.1 Å². The second-order valence-electron chi connectivity index (χ2n) is 9.63. The van der Waals surface area contributed by atoms with E-state index >= 15 is 0 Å². The molecule has 0 saturated carbocycles. The van der Waals surface area contributed by atoms with E-state index in [2.05, 4.69) is 5.32 Å². The van der Waals surface area contributed by atoms with E-state index in [1.165, 1.54) is 0 Å². The van der Waals surface area contributed by atoms with Crippen molar-refractivity contribution in [2.24, 2.45) is 0 Å². The number of ketones is 1. The Morgan fingerprint density at radius 2 is 1.63 bits per heavy atom. The van der Waals surface area contributed by atoms with Crippen LogP contribution in [0.15, 0.2) is 101 Å². The Morgan fingerprint density at radius 3 is 2.32 bits per heavy atom. The number of esters is 1. The first-order valence-electron chi connectivity index (χ1n) is 12.9. The maximum absolute atomic E-state index is 13.8. The number of carbonyl (C=O) groups excluding carboxylic acids is 2. The molecule has 3 aromatic rings. The summed E-state index contributed by atoms with van der Waals surface area (Å²) in [5.74, 6) is -0.156. The van der Waals surface area contributed by atoms with E-state index in [0.29, 0.717) is 41.3 Å². The first-order chi connectivity index (χ1) is 18.4. The highest BCUT2D eigenvalue weighted by Crippen LogP contribution is 2.46. The molecule has 5 nitrogen and oxygen atoms in total. The molecule has 3 aromatic carbocycles. The summed E-state index contributed by atoms with van der Waals surface area (Å²) >= 11 is 6.09. The summed E-state index contributed by atoms with van der Waals surface area (Å²) in [5, 5.41) is 4.07. The van der Waals surface area contributed by atoms with Crippen LogP contribution in [0.3, 0.4) is 0 Å². The van der Waals surface area contributed by atoms with Crippen LogP contribution >= 0.6 is 11.6 Å². The van der Waals surface area contributed by atoms with Crippen LogP contribution in [0, 0.1) is 0 Å². The average molecular weight is 528 g/mol. The predicted octanol–water partition coefficient (Wildman–Crippen LogP) is 6.84. The fraction of sp³-hybridized carbons (Fsp3) is 0.250. The van der Waals surface area contributed by atoms with E-state index < -0.39 is 11.9 Å². The lowest BCUT2D eigenvalue weighted by atomic mass is 9.71. The van der Waals surface area contributed by atoms with Crippen molar-refractivity contribution < 1.29 is 19.1 Å². The van der Waals surface area contributed by atoms with Crippen molar-refractivity contribution in [1.29, 1.82) is 0 Å². The fourth-order valence-corrected chi connectivity index (χ4v) is 5.46. The molecule has 0 amide bonds. The minimum atomic E-state index is -0.524. The van der Waals surface area contributed by atoms with Gasteiger partial charge in [0.05, 0.1) is 12.2 Å². The number of ether oxygens (including phenoxy) is 2. The lowest BCUT2D eigenvalue weighted by Gasteiger charge is -2.36. The number of allylic oxidation sites excluding steroid dienone is 3. The number of benzene rings is 3. The molecular weight excluding hydrogens is 498 g/mol. The molecule has 0 radical (unpaired) electrons. The molecule has 0 fully saturated rings. The lowest BCUT2D eigenvalue weighted by molar-refractivity contribution is -0.140. The molecule has 0 spiro atoms. The minimum Gasteiger partial charge on any atom is -0.494 e. The van der Waals surface area contributed by atoms with Crippen molar-refractivity contribution in [1.82, 2.24) is 5.32 Å². The largest absolute Gasteiger partial charge is 0.494 e. The van der Waals surface area contributed by atoms with E-state index in [4.69, 9.17) is 21.1 Å². The Hall–Kier alpha value is -3.83. The van der Waals surface area contributed by atoms with Crippen LogP contribution < -0.4 is 10.1 Å². The average Bonchev–Trinajstić information content (AvgIpc) is 2.92. The molecule has 1 N–H and O–H groups in total. The Labute approximate surface area is 228 Å². The van der Waals surface area contributed by atoms with Crippen LogP contribution in [0.4, 0.5) is 0 Å². The van der Waals surface area contributed by atoms with Crippen molar-refractivity contribution in [2.75, 3.05) is 6.61 Å². The van der Waals surface area contributed by atoms with Gasteiger partial charge in [-0.05, 0) is 67.1 Å². The molecule has 0 unspecified atom stereocenters. The van der Waals surface area contributed by atoms with Crippen molar-refractivity contribution in [3.63, 3.8) is 0 Å². The number of hydrogen-bond donors (Lipinski definition) is 1. The minimum absolute atomic E-state index is 0.0263. The smallest absolute Gasteiger partial charge is 0.337 e. The van der Waals surface area contributed by atoms with Crippen molar-refractivity contribution >= 4 is 23.4 Å². The molecule has 194 valence electrons. The summed E-state index contributed by atoms with van der Waals surface area (Å²) < 4.78 is 11.4. The van der Waals surface area contributed by atoms with Gasteiger partial charge in [0.1, 0.15) is 12.4 Å². The van der Waals surface area contributed by atoms with Gasteiger partial charge in [0.2, 0.25) is 0 Å². The highest BCUT2D eigenvalue weighted by atomic mass is 35.5. The first-order valence-corrected chi connectivity index (χ1v) is 13.3. The van der Waals surface area contributed by atoms with Gasteiger partial charge in [-0.2, -0.15) is 0 Å². The Kier molecular flexibility index (Phi) is 7.66. The lowest BCUT2D eigenvalue weighted by Crippen LogP contribution is -2.36. The third kappa shape index (κ3) is 5.39. The summed E-state index contributed by atoms with van der Waals surface area (Å²) in [6.07, 6.45) is 1.03. The molecule has 0 bridgehead atoms. The molecule has 0 aromatic heterocycles. The standard InChI is InChI=1S/C32H30ClNO4/c1-3-37-26-15-11-23(12-16-26)30-29(32(36)38-19-21-7-5-4-6-8-21)20(2)34-27-17-24(18-28(35)31(27)30)22-9-13-25(33)14-10-22/h4-16,24,30,34H,3,17-19H2,1-2H3/t24-,30-/m1/s1. The van der Waals surface area contributed by atoms with Crippen LogP contribution in [0.25, 0.3) is 0 Å². The molecule has 5 rings (SSSR count). The molecule has 2 aliphatic rings. The second kappa shape index (κ2) is 11.3. The molecule has 1 heterocycles. The summed E-state index contributed by atoms with van der Waals surface area (Å²) in [6.45, 7) is 4.52. The first kappa shape index (κ1) is 25.8. The molecule has 1 aliphatic carbocycles. The Balaban J connectivity index is 1.50. The summed E-state index contributed by atoms with van der Waals surface area (Å²) in [6, 6.07) is 24.9. The Morgan fingerprint density at radius 1 is 0.947 bits per heavy atom. The molecule has 6 heteroatoms. The monoisotopic (exact) mass is 527 g/mol. The number of rotatable bonds is 7. The Bertz CT molecular complexity index is 1390. The van der Waals surface area contributed by atoms with Gasteiger partial charge in [-0.1, -0.05) is 66.2 Å². The van der Waals surface area contributed by atoms with Gasteiger partial charge in [0.15, 0.2) is 5.78 Å². The number of halogens is 1. The normalized spacial score (nSPS) is 19.1. The maximum Gasteiger partial charge on any atom is 0.337 e. The number of hydrogen-bond acceptors (Lipinski definition) is 5. The molecule has 0 saturated heterocycles. The quantitative estimate of drug-likeness (QED) is 0.341. The third-order valence-corrected chi connectivity index (χ3v) is 7.38. The maximum atomic E-state index is 13.8. The third-order valence-electron chi connectivity index (χ3n) is 7.13. The number of dihydropyridines is 1. The molecular formula is C32H30ClNO4. The van der Waals surface area contributed by atoms with Gasteiger partial charge >= 0.3 is 5.97 Å². The second-order valence-corrected chi connectivity index (χ2v) is 10.1.